The van der Waals surface area contributed by atoms with E-state index in [2.05, 4.69) is 10.4 Å². The van der Waals surface area contributed by atoms with Crippen molar-refractivity contribution in [3.8, 4) is 0 Å². The van der Waals surface area contributed by atoms with Crippen molar-refractivity contribution >= 4 is 23.4 Å². The van der Waals surface area contributed by atoms with E-state index in [4.69, 9.17) is 11.6 Å². The van der Waals surface area contributed by atoms with Crippen LogP contribution < -0.4 is 5.32 Å². The molecule has 0 bridgehead atoms. The highest BCUT2D eigenvalue weighted by Gasteiger charge is 2.31. The minimum Gasteiger partial charge on any atom is -0.350 e. The molecule has 8 heteroatoms. The summed E-state index contributed by atoms with van der Waals surface area (Å²) in [5.74, 6) is -0.230. The van der Waals surface area contributed by atoms with Gasteiger partial charge in [0.2, 0.25) is 0 Å². The monoisotopic (exact) mass is 349 g/mol. The smallest absolute Gasteiger partial charge is 0.270 e. The Balaban J connectivity index is 1.64. The molecule has 24 heavy (non-hydrogen) atoms. The lowest BCUT2D eigenvalue weighted by Gasteiger charge is -2.25. The zero-order valence-corrected chi connectivity index (χ0v) is 14.5. The zero-order valence-electron chi connectivity index (χ0n) is 13.7. The molecule has 0 radical (unpaired) electrons. The lowest BCUT2D eigenvalue weighted by molar-refractivity contribution is 0.0716. The molecule has 1 fully saturated rings. The van der Waals surface area contributed by atoms with Crippen LogP contribution in [0.5, 0.6) is 0 Å². The van der Waals surface area contributed by atoms with Crippen molar-refractivity contribution < 1.29 is 9.59 Å². The van der Waals surface area contributed by atoms with Gasteiger partial charge in [-0.2, -0.15) is 5.10 Å². The largest absolute Gasteiger partial charge is 0.350 e. The van der Waals surface area contributed by atoms with Crippen LogP contribution in [-0.2, 0) is 14.1 Å². The molecule has 128 valence electrons. The number of amides is 2. The summed E-state index contributed by atoms with van der Waals surface area (Å²) in [6, 6.07) is 1.67. The summed E-state index contributed by atoms with van der Waals surface area (Å²) in [5, 5.41) is 7.42. The predicted molar refractivity (Wildman–Crippen MR) is 90.0 cm³/mol. The summed E-state index contributed by atoms with van der Waals surface area (Å²) in [7, 11) is 3.56. The summed E-state index contributed by atoms with van der Waals surface area (Å²) in [6.45, 7) is 1.12. The van der Waals surface area contributed by atoms with Gasteiger partial charge in [0.1, 0.15) is 5.69 Å². The molecule has 1 aliphatic rings. The number of aryl methyl sites for hydroxylation is 2. The highest BCUT2D eigenvalue weighted by Crippen LogP contribution is 2.22. The van der Waals surface area contributed by atoms with Gasteiger partial charge in [-0.25, -0.2) is 0 Å². The van der Waals surface area contributed by atoms with Crippen LogP contribution in [0.3, 0.4) is 0 Å². The minimum atomic E-state index is -0.177. The lowest BCUT2D eigenvalue weighted by Crippen LogP contribution is -2.43. The summed E-state index contributed by atoms with van der Waals surface area (Å²) >= 11 is 5.97. The minimum absolute atomic E-state index is 0.00760. The van der Waals surface area contributed by atoms with Crippen molar-refractivity contribution in [3.05, 3.63) is 40.9 Å². The first kappa shape index (κ1) is 16.6. The molecule has 0 spiro atoms. The molecule has 1 aliphatic heterocycles. The number of rotatable bonds is 4. The van der Waals surface area contributed by atoms with E-state index in [0.29, 0.717) is 29.4 Å². The van der Waals surface area contributed by atoms with Crippen LogP contribution in [0.2, 0.25) is 5.02 Å². The molecule has 0 aliphatic carbocycles. The number of nitrogens with one attached hydrogen (secondary N) is 1. The molecule has 2 aromatic rings. The predicted octanol–water partition coefficient (Wildman–Crippen LogP) is 1.45. The maximum atomic E-state index is 12.7. The zero-order chi connectivity index (χ0) is 17.3. The number of hydrogen-bond acceptors (Lipinski definition) is 3. The van der Waals surface area contributed by atoms with Gasteiger partial charge in [0.05, 0.1) is 16.8 Å². The Labute approximate surface area is 145 Å². The molecule has 7 nitrogen and oxygen atoms in total. The van der Waals surface area contributed by atoms with Gasteiger partial charge in [-0.15, -0.1) is 0 Å². The van der Waals surface area contributed by atoms with Gasteiger partial charge in [-0.1, -0.05) is 11.6 Å². The second kappa shape index (κ2) is 6.68. The van der Waals surface area contributed by atoms with Gasteiger partial charge in [0.15, 0.2) is 0 Å². The SMILES string of the molecule is Cn1cc(C(=O)NC[C@@H]2CCCN2C(=O)c2cc(Cl)cn2C)cn1. The molecule has 0 unspecified atom stereocenters. The van der Waals surface area contributed by atoms with E-state index in [-0.39, 0.29) is 17.9 Å². The molecular formula is C16H20ClN5O2. The van der Waals surface area contributed by atoms with Crippen molar-refractivity contribution in [3.63, 3.8) is 0 Å². The van der Waals surface area contributed by atoms with Gasteiger partial charge in [-0.05, 0) is 18.9 Å². The van der Waals surface area contributed by atoms with E-state index >= 15 is 0 Å². The van der Waals surface area contributed by atoms with Crippen LogP contribution in [0.1, 0.15) is 33.7 Å². The number of carbonyl (C=O) groups excluding carboxylic acids is 2. The lowest BCUT2D eigenvalue weighted by atomic mass is 10.2. The number of halogens is 1. The molecule has 0 saturated carbocycles. The molecule has 3 heterocycles. The fourth-order valence-corrected chi connectivity index (χ4v) is 3.30. The average molecular weight is 350 g/mol. The summed E-state index contributed by atoms with van der Waals surface area (Å²) in [6.07, 6.45) is 6.70. The van der Waals surface area contributed by atoms with Crippen LogP contribution in [0.15, 0.2) is 24.7 Å². The summed E-state index contributed by atoms with van der Waals surface area (Å²) < 4.78 is 3.31. The van der Waals surface area contributed by atoms with Crippen molar-refractivity contribution in [2.45, 2.75) is 18.9 Å². The fourth-order valence-electron chi connectivity index (χ4n) is 3.05. The first-order valence-electron chi connectivity index (χ1n) is 7.85. The highest BCUT2D eigenvalue weighted by atomic mass is 35.5. The third-order valence-electron chi connectivity index (χ3n) is 4.29. The Morgan fingerprint density at radius 1 is 1.38 bits per heavy atom. The average Bonchev–Trinajstić information content (AvgIpc) is 3.24. The van der Waals surface area contributed by atoms with Crippen molar-refractivity contribution in [2.24, 2.45) is 14.1 Å². The van der Waals surface area contributed by atoms with E-state index < -0.39 is 0 Å². The number of hydrogen-bond donors (Lipinski definition) is 1. The fraction of sp³-hybridized carbons (Fsp3) is 0.438. The maximum Gasteiger partial charge on any atom is 0.270 e. The number of aromatic nitrogens is 3. The van der Waals surface area contributed by atoms with E-state index in [1.807, 2.05) is 4.90 Å². The molecule has 1 atom stereocenters. The first-order chi connectivity index (χ1) is 11.5. The number of nitrogens with zero attached hydrogens (tertiary/aromatic N) is 4. The second-order valence-corrected chi connectivity index (χ2v) is 6.50. The summed E-state index contributed by atoms with van der Waals surface area (Å²) in [5.41, 5.74) is 1.08. The molecule has 1 saturated heterocycles. The van der Waals surface area contributed by atoms with E-state index in [1.165, 1.54) is 6.20 Å². The van der Waals surface area contributed by atoms with Crippen LogP contribution in [0.4, 0.5) is 0 Å². The maximum absolute atomic E-state index is 12.7. The van der Waals surface area contributed by atoms with E-state index in [1.54, 1.807) is 41.8 Å². The Morgan fingerprint density at radius 3 is 2.79 bits per heavy atom. The van der Waals surface area contributed by atoms with Gasteiger partial charge in [0, 0.05) is 45.6 Å². The standard InChI is InChI=1S/C16H20ClN5O2/c1-20-10-12(17)6-14(20)16(24)22-5-3-4-13(22)8-18-15(23)11-7-19-21(2)9-11/h6-7,9-10,13H,3-5,8H2,1-2H3,(H,18,23)/t13-/m0/s1. The molecule has 2 amide bonds. The normalized spacial score (nSPS) is 17.3. The quantitative estimate of drug-likeness (QED) is 0.908. The number of likely N-dealkylation sites (tertiary alicyclic amines) is 1. The molecule has 1 N–H and O–H groups in total. The van der Waals surface area contributed by atoms with Gasteiger partial charge < -0.3 is 14.8 Å². The Hall–Kier alpha value is -2.28. The third kappa shape index (κ3) is 3.31. The molecule has 3 rings (SSSR count). The Morgan fingerprint density at radius 2 is 2.17 bits per heavy atom. The number of carbonyl (C=O) groups is 2. The van der Waals surface area contributed by atoms with Crippen LogP contribution in [0, 0.1) is 0 Å². The van der Waals surface area contributed by atoms with Gasteiger partial charge in [-0.3, -0.25) is 14.3 Å². The highest BCUT2D eigenvalue weighted by molar-refractivity contribution is 6.31. The van der Waals surface area contributed by atoms with Crippen molar-refractivity contribution in [1.82, 2.24) is 24.6 Å². The van der Waals surface area contributed by atoms with Gasteiger partial charge >= 0.3 is 0 Å². The molecule has 2 aromatic heterocycles. The van der Waals surface area contributed by atoms with E-state index in [9.17, 15) is 9.59 Å². The van der Waals surface area contributed by atoms with Gasteiger partial charge in [0.25, 0.3) is 11.8 Å². The van der Waals surface area contributed by atoms with Crippen LogP contribution in [-0.4, -0.2) is 50.2 Å². The topological polar surface area (TPSA) is 72.2 Å². The Bertz CT molecular complexity index is 766. The Kier molecular flexibility index (Phi) is 4.62. The third-order valence-corrected chi connectivity index (χ3v) is 4.50. The van der Waals surface area contributed by atoms with Crippen LogP contribution >= 0.6 is 11.6 Å². The second-order valence-electron chi connectivity index (χ2n) is 6.06. The van der Waals surface area contributed by atoms with Crippen molar-refractivity contribution in [2.75, 3.05) is 13.1 Å². The molecule has 0 aromatic carbocycles. The van der Waals surface area contributed by atoms with Crippen LogP contribution in [0.25, 0.3) is 0 Å². The van der Waals surface area contributed by atoms with E-state index in [0.717, 1.165) is 12.8 Å². The first-order valence-corrected chi connectivity index (χ1v) is 8.23. The van der Waals surface area contributed by atoms with Crippen molar-refractivity contribution in [1.29, 1.82) is 0 Å². The summed E-state index contributed by atoms with van der Waals surface area (Å²) in [4.78, 5) is 26.7. The molecular weight excluding hydrogens is 330 g/mol.